The first-order chi connectivity index (χ1) is 17.8. The van der Waals surface area contributed by atoms with Gasteiger partial charge in [-0.15, -0.1) is 0 Å². The van der Waals surface area contributed by atoms with E-state index in [1.807, 2.05) is 30.3 Å². The van der Waals surface area contributed by atoms with Crippen molar-refractivity contribution in [3.8, 4) is 11.5 Å². The van der Waals surface area contributed by atoms with Crippen LogP contribution < -0.4 is 14.8 Å². The number of hydrogen-bond donors (Lipinski definition) is 1. The molecule has 37 heavy (non-hydrogen) atoms. The predicted molar refractivity (Wildman–Crippen MR) is 134 cm³/mol. The molecule has 0 bridgehead atoms. The average Bonchev–Trinajstić information content (AvgIpc) is 3.34. The lowest BCUT2D eigenvalue weighted by Crippen LogP contribution is -2.63. The lowest BCUT2D eigenvalue weighted by molar-refractivity contribution is -0.133. The summed E-state index contributed by atoms with van der Waals surface area (Å²) >= 11 is 0. The smallest absolute Gasteiger partial charge is 0.358 e. The molecule has 10 heteroatoms. The fourth-order valence-corrected chi connectivity index (χ4v) is 4.34. The largest absolute Gasteiger partial charge is 0.497 e. The summed E-state index contributed by atoms with van der Waals surface area (Å²) in [5.74, 6) is -0.299. The molecule has 194 valence electrons. The fraction of sp³-hybridized carbons (Fsp3) is 0.333. The van der Waals surface area contributed by atoms with Crippen LogP contribution >= 0.6 is 0 Å². The highest BCUT2D eigenvalue weighted by Gasteiger charge is 2.48. The fourth-order valence-electron chi connectivity index (χ4n) is 4.34. The number of amides is 2. The van der Waals surface area contributed by atoms with Gasteiger partial charge in [-0.3, -0.25) is 14.3 Å². The van der Waals surface area contributed by atoms with Crippen molar-refractivity contribution in [2.75, 3.05) is 20.8 Å². The molecule has 0 saturated carbocycles. The maximum absolute atomic E-state index is 13.8. The van der Waals surface area contributed by atoms with Gasteiger partial charge in [-0.25, -0.2) is 4.79 Å². The summed E-state index contributed by atoms with van der Waals surface area (Å²) in [5.41, 5.74) is 0.462. The zero-order chi connectivity index (χ0) is 26.6. The second-order valence-corrected chi connectivity index (χ2v) is 8.80. The third-order valence-corrected chi connectivity index (χ3v) is 6.38. The number of nitrogens with one attached hydrogen (secondary N) is 1. The number of carbonyl (C=O) groups is 3. The van der Waals surface area contributed by atoms with E-state index >= 15 is 0 Å². The molecule has 4 rings (SSSR count). The maximum Gasteiger partial charge on any atom is 0.358 e. The lowest BCUT2D eigenvalue weighted by atomic mass is 9.93. The van der Waals surface area contributed by atoms with Crippen LogP contribution in [0, 0.1) is 0 Å². The van der Waals surface area contributed by atoms with E-state index in [1.54, 1.807) is 39.2 Å². The highest BCUT2D eigenvalue weighted by Crippen LogP contribution is 2.33. The molecule has 0 radical (unpaired) electrons. The number of hydrogen-bond acceptors (Lipinski definition) is 7. The normalized spacial score (nSPS) is 16.6. The van der Waals surface area contributed by atoms with E-state index in [9.17, 15) is 14.4 Å². The summed E-state index contributed by atoms with van der Waals surface area (Å²) in [5, 5.41) is 7.24. The summed E-state index contributed by atoms with van der Waals surface area (Å²) < 4.78 is 17.3. The number of esters is 1. The van der Waals surface area contributed by atoms with Crippen LogP contribution in [0.5, 0.6) is 11.5 Å². The monoisotopic (exact) mass is 506 g/mol. The number of methoxy groups -OCH3 is 2. The molecule has 2 amide bonds. The van der Waals surface area contributed by atoms with E-state index in [-0.39, 0.29) is 37.0 Å². The van der Waals surface area contributed by atoms with E-state index in [2.05, 4.69) is 10.4 Å². The van der Waals surface area contributed by atoms with E-state index in [4.69, 9.17) is 14.2 Å². The number of fused-ring (bicyclic) bond motifs is 1. The molecule has 1 aromatic heterocycles. The minimum absolute atomic E-state index is 0.0121. The van der Waals surface area contributed by atoms with Gasteiger partial charge in [0, 0.05) is 18.2 Å². The molecule has 2 aromatic carbocycles. The van der Waals surface area contributed by atoms with Crippen LogP contribution in [-0.2, 0) is 29.2 Å². The van der Waals surface area contributed by atoms with E-state index in [0.717, 1.165) is 5.56 Å². The Balaban J connectivity index is 1.72. The van der Waals surface area contributed by atoms with Crippen molar-refractivity contribution >= 4 is 17.8 Å². The Morgan fingerprint density at radius 3 is 2.51 bits per heavy atom. The van der Waals surface area contributed by atoms with Gasteiger partial charge in [-0.1, -0.05) is 30.3 Å². The molecule has 10 nitrogen and oxygen atoms in total. The minimum Gasteiger partial charge on any atom is -0.497 e. The van der Waals surface area contributed by atoms with Crippen LogP contribution in [0.3, 0.4) is 0 Å². The van der Waals surface area contributed by atoms with Gasteiger partial charge < -0.3 is 24.4 Å². The van der Waals surface area contributed by atoms with Crippen LogP contribution in [0.4, 0.5) is 0 Å². The van der Waals surface area contributed by atoms with E-state index < -0.39 is 17.4 Å². The third-order valence-electron chi connectivity index (χ3n) is 6.38. The number of carbonyl (C=O) groups excluding carboxylic acids is 3. The number of benzene rings is 2. The number of nitrogens with zero attached hydrogens (tertiary/aromatic N) is 3. The quantitative estimate of drug-likeness (QED) is 0.444. The second kappa shape index (κ2) is 10.7. The van der Waals surface area contributed by atoms with Gasteiger partial charge in [-0.2, -0.15) is 5.10 Å². The summed E-state index contributed by atoms with van der Waals surface area (Å²) in [4.78, 5) is 41.3. The standard InChI is InChI=1S/C27H30N4O6/c1-5-37-25(33)21-14-22-24(32)30(16-19-13-20(35-3)11-12-23(19)36-4)27(2,17-31(22)29-21)26(34)28-15-18-9-7-6-8-10-18/h6-14H,5,15-17H2,1-4H3,(H,28,34)/t27-/m1/s1. The van der Waals surface area contributed by atoms with Gasteiger partial charge in [0.2, 0.25) is 5.91 Å². The van der Waals surface area contributed by atoms with Crippen molar-refractivity contribution in [2.24, 2.45) is 0 Å². The molecule has 0 aliphatic carbocycles. The molecule has 1 N–H and O–H groups in total. The van der Waals surface area contributed by atoms with Gasteiger partial charge in [0.25, 0.3) is 5.91 Å². The van der Waals surface area contributed by atoms with Crippen LogP contribution in [0.25, 0.3) is 0 Å². The van der Waals surface area contributed by atoms with Crippen molar-refractivity contribution in [3.05, 3.63) is 77.1 Å². The topological polar surface area (TPSA) is 112 Å². The highest BCUT2D eigenvalue weighted by molar-refractivity contribution is 6.01. The third kappa shape index (κ3) is 5.13. The number of aromatic nitrogens is 2. The minimum atomic E-state index is -1.33. The van der Waals surface area contributed by atoms with Gasteiger partial charge in [0.05, 0.1) is 33.9 Å². The van der Waals surface area contributed by atoms with Crippen LogP contribution in [0.15, 0.2) is 54.6 Å². The number of rotatable bonds is 9. The summed E-state index contributed by atoms with van der Waals surface area (Å²) in [7, 11) is 3.09. The highest BCUT2D eigenvalue weighted by atomic mass is 16.5. The van der Waals surface area contributed by atoms with Gasteiger partial charge in [-0.05, 0) is 37.6 Å². The van der Waals surface area contributed by atoms with E-state index in [0.29, 0.717) is 23.6 Å². The van der Waals surface area contributed by atoms with Crippen LogP contribution in [-0.4, -0.2) is 58.8 Å². The van der Waals surface area contributed by atoms with Crippen molar-refractivity contribution in [2.45, 2.75) is 39.0 Å². The molecular weight excluding hydrogens is 476 g/mol. The van der Waals surface area contributed by atoms with Crippen molar-refractivity contribution < 1.29 is 28.6 Å². The maximum atomic E-state index is 13.8. The summed E-state index contributed by atoms with van der Waals surface area (Å²) in [6.45, 7) is 3.95. The predicted octanol–water partition coefficient (Wildman–Crippen LogP) is 2.81. The molecule has 1 atom stereocenters. The number of ether oxygens (including phenoxy) is 3. The van der Waals surface area contributed by atoms with Crippen LogP contribution in [0.1, 0.15) is 46.0 Å². The van der Waals surface area contributed by atoms with Gasteiger partial charge >= 0.3 is 5.97 Å². The van der Waals surface area contributed by atoms with Crippen molar-refractivity contribution in [1.82, 2.24) is 20.0 Å². The molecule has 2 heterocycles. The molecule has 1 aliphatic rings. The molecular formula is C27H30N4O6. The Bertz CT molecular complexity index is 1310. The zero-order valence-corrected chi connectivity index (χ0v) is 21.3. The van der Waals surface area contributed by atoms with Crippen molar-refractivity contribution in [1.29, 1.82) is 0 Å². The Morgan fingerprint density at radius 1 is 1.08 bits per heavy atom. The van der Waals surface area contributed by atoms with Gasteiger partial charge in [0.1, 0.15) is 22.7 Å². The second-order valence-electron chi connectivity index (χ2n) is 8.80. The molecule has 0 saturated heterocycles. The first-order valence-electron chi connectivity index (χ1n) is 11.9. The Labute approximate surface area is 215 Å². The average molecular weight is 507 g/mol. The molecule has 0 unspecified atom stereocenters. The first kappa shape index (κ1) is 25.7. The Morgan fingerprint density at radius 2 is 1.84 bits per heavy atom. The summed E-state index contributed by atoms with van der Waals surface area (Å²) in [6, 6.07) is 16.2. The summed E-state index contributed by atoms with van der Waals surface area (Å²) in [6.07, 6.45) is 0. The SMILES string of the molecule is CCOC(=O)c1cc2n(n1)C[C@](C)(C(=O)NCc1ccccc1)N(Cc1cc(OC)ccc1OC)C2=O. The molecule has 1 aliphatic heterocycles. The molecule has 3 aromatic rings. The Kier molecular flexibility index (Phi) is 7.47. The van der Waals surface area contributed by atoms with Crippen molar-refractivity contribution in [3.63, 3.8) is 0 Å². The zero-order valence-electron chi connectivity index (χ0n) is 21.3. The first-order valence-corrected chi connectivity index (χ1v) is 11.9. The lowest BCUT2D eigenvalue weighted by Gasteiger charge is -2.43. The van der Waals surface area contributed by atoms with Crippen LogP contribution in [0.2, 0.25) is 0 Å². The van der Waals surface area contributed by atoms with E-state index in [1.165, 1.54) is 22.8 Å². The Hall–Kier alpha value is -4.34. The molecule has 0 spiro atoms. The molecule has 0 fully saturated rings. The van der Waals surface area contributed by atoms with Gasteiger partial charge in [0.15, 0.2) is 5.69 Å².